The van der Waals surface area contributed by atoms with E-state index in [9.17, 15) is 32.9 Å². The van der Waals surface area contributed by atoms with Crippen LogP contribution in [0.3, 0.4) is 0 Å². The molecule has 0 fully saturated rings. The average molecular weight is 653 g/mol. The molecule has 2 aliphatic carbocycles. The summed E-state index contributed by atoms with van der Waals surface area (Å²) in [6, 6.07) is 5.52. The number of rotatable bonds is 8. The first-order chi connectivity index (χ1) is 21.9. The molecule has 5 rings (SSSR count). The number of Topliss-reactive ketones (excluding diaryl/α,β-unsaturated/α-hetero) is 2. The van der Waals surface area contributed by atoms with Crippen LogP contribution < -0.4 is 9.47 Å². The summed E-state index contributed by atoms with van der Waals surface area (Å²) in [7, 11) is 1.92. The Labute approximate surface area is 272 Å². The van der Waals surface area contributed by atoms with Gasteiger partial charge in [-0.15, -0.1) is 6.58 Å². The van der Waals surface area contributed by atoms with Gasteiger partial charge in [0, 0.05) is 60.0 Å². The molecule has 2 aromatic carbocycles. The van der Waals surface area contributed by atoms with Crippen molar-refractivity contribution in [1.29, 1.82) is 0 Å². The van der Waals surface area contributed by atoms with Crippen molar-refractivity contribution in [2.24, 2.45) is 10.8 Å². The smallest absolute Gasteiger partial charge is 0.416 e. The Bertz CT molecular complexity index is 1700. The molecule has 3 aliphatic rings. The van der Waals surface area contributed by atoms with Crippen LogP contribution in [0.1, 0.15) is 82.9 Å². The fourth-order valence-electron chi connectivity index (χ4n) is 7.07. The summed E-state index contributed by atoms with van der Waals surface area (Å²) < 4.78 is 52.2. The molecule has 2 aromatic rings. The molecule has 0 spiro atoms. The largest absolute Gasteiger partial charge is 0.490 e. The first kappa shape index (κ1) is 33.9. The van der Waals surface area contributed by atoms with Gasteiger partial charge in [-0.05, 0) is 60.8 Å². The van der Waals surface area contributed by atoms with Crippen LogP contribution in [0.25, 0.3) is 0 Å². The van der Waals surface area contributed by atoms with Crippen LogP contribution in [-0.2, 0) is 22.2 Å². The van der Waals surface area contributed by atoms with Gasteiger partial charge in [0.2, 0.25) is 5.75 Å². The van der Waals surface area contributed by atoms with Crippen LogP contribution in [0.2, 0.25) is 0 Å². The summed E-state index contributed by atoms with van der Waals surface area (Å²) in [6.07, 6.45) is -1.09. The van der Waals surface area contributed by atoms with E-state index in [0.29, 0.717) is 54.0 Å². The van der Waals surface area contributed by atoms with Crippen LogP contribution >= 0.6 is 0 Å². The van der Waals surface area contributed by atoms with Gasteiger partial charge in [-0.2, -0.15) is 13.2 Å². The Hall–Kier alpha value is -4.41. The predicted octanol–water partition coefficient (Wildman–Crippen LogP) is 8.85. The number of carbonyl (C=O) groups is 2. The number of nitro benzene ring substituents is 1. The van der Waals surface area contributed by atoms with Gasteiger partial charge in [0.25, 0.3) is 0 Å². The summed E-state index contributed by atoms with van der Waals surface area (Å²) in [5.41, 5.74) is 1.39. The number of allylic oxidation sites excluding steroid dienone is 5. The molecule has 0 atom stereocenters. The van der Waals surface area contributed by atoms with E-state index < -0.39 is 34.0 Å². The van der Waals surface area contributed by atoms with E-state index in [-0.39, 0.29) is 46.9 Å². The number of hydrogen-bond acceptors (Lipinski definition) is 7. The highest BCUT2D eigenvalue weighted by molar-refractivity contribution is 6.06. The molecule has 8 nitrogen and oxygen atoms in total. The lowest BCUT2D eigenvalue weighted by atomic mass is 9.63. The Morgan fingerprint density at radius 1 is 0.979 bits per heavy atom. The highest BCUT2D eigenvalue weighted by Crippen LogP contribution is 2.55. The van der Waals surface area contributed by atoms with Crippen LogP contribution in [0.4, 0.5) is 18.9 Å². The maximum atomic E-state index is 14.0. The molecule has 11 heteroatoms. The van der Waals surface area contributed by atoms with E-state index in [1.807, 2.05) is 11.9 Å². The lowest BCUT2D eigenvalue weighted by Crippen LogP contribution is -2.43. The molecular weight excluding hydrogens is 613 g/mol. The summed E-state index contributed by atoms with van der Waals surface area (Å²) in [5, 5.41) is 11.9. The van der Waals surface area contributed by atoms with E-state index >= 15 is 0 Å². The van der Waals surface area contributed by atoms with Crippen molar-refractivity contribution in [2.45, 2.75) is 78.8 Å². The number of hydrogen-bond donors (Lipinski definition) is 0. The van der Waals surface area contributed by atoms with Crippen molar-refractivity contribution in [3.05, 3.63) is 92.3 Å². The van der Waals surface area contributed by atoms with Gasteiger partial charge in [0.15, 0.2) is 23.1 Å². The number of ketones is 2. The molecule has 0 amide bonds. The number of halogens is 3. The van der Waals surface area contributed by atoms with Crippen molar-refractivity contribution in [1.82, 2.24) is 4.90 Å². The second-order valence-electron chi connectivity index (χ2n) is 14.1. The quantitative estimate of drug-likeness (QED) is 0.160. The maximum absolute atomic E-state index is 14.0. The van der Waals surface area contributed by atoms with Crippen molar-refractivity contribution < 1.29 is 37.2 Å². The minimum Gasteiger partial charge on any atom is -0.490 e. The summed E-state index contributed by atoms with van der Waals surface area (Å²) in [4.78, 5) is 40.9. The van der Waals surface area contributed by atoms with Crippen molar-refractivity contribution in [3.8, 4) is 17.2 Å². The molecular formula is C36H39F3N2O6. The lowest BCUT2D eigenvalue weighted by Gasteiger charge is -2.48. The van der Waals surface area contributed by atoms with Crippen LogP contribution in [0, 0.1) is 20.9 Å². The van der Waals surface area contributed by atoms with E-state index in [4.69, 9.17) is 9.47 Å². The standard InChI is InChI=1S/C36H39F3N2O6/c1-8-10-20-13-21(14-29(46-9-2)33(20)47-28-12-11-22(36(37,38)39)15-23(28)41(44)45)30-31-24(16-34(3,4)18-26(31)42)40(7)25-17-35(5,6)19-27(43)32(25)30/h8,11-15,30H,1,9-10,16-19H2,2-7H3. The van der Waals surface area contributed by atoms with Gasteiger partial charge in [0.05, 0.1) is 17.1 Å². The van der Waals surface area contributed by atoms with E-state index in [0.717, 1.165) is 23.5 Å². The highest BCUT2D eigenvalue weighted by Gasteiger charge is 2.48. The summed E-state index contributed by atoms with van der Waals surface area (Å²) >= 11 is 0. The van der Waals surface area contributed by atoms with Gasteiger partial charge in [-0.3, -0.25) is 19.7 Å². The molecule has 0 saturated heterocycles. The first-order valence-electron chi connectivity index (χ1n) is 15.6. The minimum atomic E-state index is -4.79. The molecule has 0 unspecified atom stereocenters. The van der Waals surface area contributed by atoms with Crippen molar-refractivity contribution in [2.75, 3.05) is 13.7 Å². The maximum Gasteiger partial charge on any atom is 0.416 e. The number of benzene rings is 2. The van der Waals surface area contributed by atoms with Gasteiger partial charge in [-0.25, -0.2) is 0 Å². The number of nitrogens with zero attached hydrogens (tertiary/aromatic N) is 2. The third kappa shape index (κ3) is 6.44. The van der Waals surface area contributed by atoms with Gasteiger partial charge in [-0.1, -0.05) is 39.8 Å². The Morgan fingerprint density at radius 3 is 2.04 bits per heavy atom. The molecule has 0 saturated carbocycles. The normalized spacial score (nSPS) is 19.4. The van der Waals surface area contributed by atoms with Crippen LogP contribution in [0.15, 0.2) is 65.5 Å². The number of alkyl halides is 3. The molecule has 250 valence electrons. The molecule has 0 bridgehead atoms. The zero-order valence-corrected chi connectivity index (χ0v) is 27.5. The molecule has 0 radical (unpaired) electrons. The summed E-state index contributed by atoms with van der Waals surface area (Å²) in [6.45, 7) is 14.0. The van der Waals surface area contributed by atoms with Crippen LogP contribution in [0.5, 0.6) is 17.2 Å². The SMILES string of the molecule is C=CCc1cc(C2C3=C(CC(C)(C)CC3=O)N(C)C3=C2C(=O)CC(C)(C)C3)cc(OCC)c1Oc1ccc(C(F)(F)F)cc1[N+](=O)[O-]. The molecule has 47 heavy (non-hydrogen) atoms. The van der Waals surface area contributed by atoms with Gasteiger partial charge >= 0.3 is 11.9 Å². The lowest BCUT2D eigenvalue weighted by molar-refractivity contribution is -0.385. The number of carbonyl (C=O) groups excluding carboxylic acids is 2. The average Bonchev–Trinajstić information content (AvgIpc) is 2.94. The second kappa shape index (κ2) is 12.0. The second-order valence-corrected chi connectivity index (χ2v) is 14.1. The fourth-order valence-corrected chi connectivity index (χ4v) is 7.07. The molecule has 0 aromatic heterocycles. The zero-order valence-electron chi connectivity index (χ0n) is 27.5. The van der Waals surface area contributed by atoms with Crippen molar-refractivity contribution >= 4 is 17.3 Å². The molecule has 0 N–H and O–H groups in total. The van der Waals surface area contributed by atoms with E-state index in [1.54, 1.807) is 25.1 Å². The predicted molar refractivity (Wildman–Crippen MR) is 170 cm³/mol. The zero-order chi connectivity index (χ0) is 34.6. The molecule has 1 heterocycles. The monoisotopic (exact) mass is 652 g/mol. The fraction of sp³-hybridized carbons (Fsp3) is 0.444. The van der Waals surface area contributed by atoms with E-state index in [2.05, 4.69) is 34.3 Å². The van der Waals surface area contributed by atoms with Crippen molar-refractivity contribution in [3.63, 3.8) is 0 Å². The minimum absolute atomic E-state index is 0.0405. The Kier molecular flexibility index (Phi) is 8.66. The van der Waals surface area contributed by atoms with Gasteiger partial charge < -0.3 is 14.4 Å². The third-order valence-electron chi connectivity index (χ3n) is 9.03. The van der Waals surface area contributed by atoms with Gasteiger partial charge in [0.1, 0.15) is 0 Å². The van der Waals surface area contributed by atoms with E-state index in [1.165, 1.54) is 0 Å². The topological polar surface area (TPSA) is 99.0 Å². The molecule has 1 aliphatic heterocycles. The first-order valence-corrected chi connectivity index (χ1v) is 15.6. The number of ether oxygens (including phenoxy) is 2. The van der Waals surface area contributed by atoms with Crippen LogP contribution in [-0.4, -0.2) is 35.0 Å². The summed E-state index contributed by atoms with van der Waals surface area (Å²) in [5.74, 6) is -0.915. The Morgan fingerprint density at radius 2 is 1.55 bits per heavy atom. The number of nitro groups is 1. The third-order valence-corrected chi connectivity index (χ3v) is 9.03. The highest BCUT2D eigenvalue weighted by atomic mass is 19.4. The Balaban J connectivity index is 1.73.